The van der Waals surface area contributed by atoms with Crippen molar-refractivity contribution in [3.05, 3.63) is 23.8 Å². The van der Waals surface area contributed by atoms with Crippen molar-refractivity contribution in [2.45, 2.75) is 19.9 Å². The molecule has 1 unspecified atom stereocenters. The predicted octanol–water partition coefficient (Wildman–Crippen LogP) is 0.452. The van der Waals surface area contributed by atoms with Crippen molar-refractivity contribution >= 4 is 17.8 Å². The number of phenols is 1. The zero-order valence-corrected chi connectivity index (χ0v) is 13.2. The first kappa shape index (κ1) is 18.3. The number of rotatable bonds is 7. The fraction of sp³-hybridized carbons (Fsp3) is 0.400. The van der Waals surface area contributed by atoms with E-state index < -0.39 is 17.9 Å². The van der Waals surface area contributed by atoms with Gasteiger partial charge in [-0.1, -0.05) is 0 Å². The van der Waals surface area contributed by atoms with E-state index >= 15 is 0 Å². The van der Waals surface area contributed by atoms with Gasteiger partial charge in [-0.05, 0) is 19.1 Å². The van der Waals surface area contributed by atoms with Crippen LogP contribution >= 0.6 is 0 Å². The second-order valence-electron chi connectivity index (χ2n) is 4.88. The molecule has 126 valence electrons. The number of nitrogens with zero attached hydrogens (tertiary/aromatic N) is 1. The zero-order chi connectivity index (χ0) is 17.6. The number of phenolic OH excluding ortho intramolecular Hbond substituents is 1. The minimum Gasteiger partial charge on any atom is -0.507 e. The summed E-state index contributed by atoms with van der Waals surface area (Å²) in [5.41, 5.74) is -0.0401. The van der Waals surface area contributed by atoms with Gasteiger partial charge < -0.3 is 25.2 Å². The van der Waals surface area contributed by atoms with Gasteiger partial charge in [-0.15, -0.1) is 0 Å². The number of carboxylic acids is 1. The summed E-state index contributed by atoms with van der Waals surface area (Å²) < 4.78 is 4.94. The van der Waals surface area contributed by atoms with Crippen LogP contribution in [0.4, 0.5) is 0 Å². The van der Waals surface area contributed by atoms with E-state index in [0.717, 1.165) is 4.90 Å². The zero-order valence-electron chi connectivity index (χ0n) is 13.2. The maximum Gasteiger partial charge on any atom is 0.326 e. The Bertz CT molecular complexity index is 602. The monoisotopic (exact) mass is 324 g/mol. The molecule has 0 aliphatic heterocycles. The van der Waals surface area contributed by atoms with Crippen molar-refractivity contribution in [3.63, 3.8) is 0 Å². The summed E-state index contributed by atoms with van der Waals surface area (Å²) in [4.78, 5) is 35.7. The van der Waals surface area contributed by atoms with Crippen LogP contribution in [-0.4, -0.2) is 59.1 Å². The number of ether oxygens (including phenoxy) is 1. The van der Waals surface area contributed by atoms with E-state index in [-0.39, 0.29) is 30.3 Å². The molecule has 0 bridgehead atoms. The highest BCUT2D eigenvalue weighted by Gasteiger charge is 2.27. The molecule has 23 heavy (non-hydrogen) atoms. The van der Waals surface area contributed by atoms with E-state index in [4.69, 9.17) is 9.84 Å². The first-order valence-corrected chi connectivity index (χ1v) is 6.93. The van der Waals surface area contributed by atoms with Crippen LogP contribution < -0.4 is 10.1 Å². The molecule has 0 aromatic heterocycles. The highest BCUT2D eigenvalue weighted by Crippen LogP contribution is 2.25. The lowest BCUT2D eigenvalue weighted by Gasteiger charge is -2.27. The highest BCUT2D eigenvalue weighted by molar-refractivity contribution is 5.99. The summed E-state index contributed by atoms with van der Waals surface area (Å²) >= 11 is 0. The van der Waals surface area contributed by atoms with Crippen molar-refractivity contribution < 1.29 is 29.3 Å². The van der Waals surface area contributed by atoms with Crippen LogP contribution in [0.3, 0.4) is 0 Å². The Kier molecular flexibility index (Phi) is 6.37. The Hall–Kier alpha value is -2.77. The SMILES string of the molecule is COc1ccc(C(=O)N(CCNC(C)=O)C(C)C(=O)O)c(O)c1. The number of methoxy groups -OCH3 is 1. The van der Waals surface area contributed by atoms with E-state index in [1.807, 2.05) is 0 Å². The van der Waals surface area contributed by atoms with Crippen LogP contribution in [0.25, 0.3) is 0 Å². The van der Waals surface area contributed by atoms with Crippen molar-refractivity contribution in [3.8, 4) is 11.5 Å². The topological polar surface area (TPSA) is 116 Å². The molecule has 0 heterocycles. The van der Waals surface area contributed by atoms with Gasteiger partial charge in [0, 0.05) is 26.1 Å². The van der Waals surface area contributed by atoms with Crippen LogP contribution in [0.1, 0.15) is 24.2 Å². The quantitative estimate of drug-likeness (QED) is 0.670. The third-order valence-corrected chi connectivity index (χ3v) is 3.25. The van der Waals surface area contributed by atoms with E-state index in [1.165, 1.54) is 39.2 Å². The average molecular weight is 324 g/mol. The molecular formula is C15H20N2O6. The van der Waals surface area contributed by atoms with E-state index in [2.05, 4.69) is 5.32 Å². The smallest absolute Gasteiger partial charge is 0.326 e. The van der Waals surface area contributed by atoms with E-state index in [0.29, 0.717) is 5.75 Å². The summed E-state index contributed by atoms with van der Waals surface area (Å²) in [7, 11) is 1.42. The Morgan fingerprint density at radius 1 is 1.35 bits per heavy atom. The lowest BCUT2D eigenvalue weighted by molar-refractivity contribution is -0.141. The maximum absolute atomic E-state index is 12.5. The fourth-order valence-electron chi connectivity index (χ4n) is 1.93. The second kappa shape index (κ2) is 8.02. The molecule has 1 rings (SSSR count). The molecule has 1 aromatic rings. The number of carbonyl (C=O) groups excluding carboxylic acids is 2. The normalized spacial score (nSPS) is 11.4. The number of benzene rings is 1. The Morgan fingerprint density at radius 3 is 2.48 bits per heavy atom. The van der Waals surface area contributed by atoms with Crippen LogP contribution in [0.5, 0.6) is 11.5 Å². The third kappa shape index (κ3) is 4.87. The summed E-state index contributed by atoms with van der Waals surface area (Å²) in [6, 6.07) is 3.00. The van der Waals surface area contributed by atoms with Crippen molar-refractivity contribution in [2.75, 3.05) is 20.2 Å². The standard InChI is InChI=1S/C15H20N2O6/c1-9(15(21)22)17(7-6-16-10(2)18)14(20)12-5-4-11(23-3)8-13(12)19/h4-5,8-9,19H,6-7H2,1-3H3,(H,16,18)(H,21,22). The molecule has 0 radical (unpaired) electrons. The number of amides is 2. The van der Waals surface area contributed by atoms with Crippen LogP contribution in [0, 0.1) is 0 Å². The van der Waals surface area contributed by atoms with Crippen molar-refractivity contribution in [2.24, 2.45) is 0 Å². The second-order valence-corrected chi connectivity index (χ2v) is 4.88. The molecular weight excluding hydrogens is 304 g/mol. The van der Waals surface area contributed by atoms with Crippen LogP contribution in [0.15, 0.2) is 18.2 Å². The molecule has 0 aliphatic carbocycles. The largest absolute Gasteiger partial charge is 0.507 e. The Balaban J connectivity index is 3.02. The molecule has 0 spiro atoms. The lowest BCUT2D eigenvalue weighted by atomic mass is 10.1. The van der Waals surface area contributed by atoms with Gasteiger partial charge in [-0.25, -0.2) is 4.79 Å². The van der Waals surface area contributed by atoms with Gasteiger partial charge in [-0.3, -0.25) is 9.59 Å². The summed E-state index contributed by atoms with van der Waals surface area (Å²) in [5.74, 6) is -2.06. The van der Waals surface area contributed by atoms with Gasteiger partial charge in [0.2, 0.25) is 5.91 Å². The first-order valence-electron chi connectivity index (χ1n) is 6.93. The van der Waals surface area contributed by atoms with Crippen molar-refractivity contribution in [1.29, 1.82) is 0 Å². The fourth-order valence-corrected chi connectivity index (χ4v) is 1.93. The molecule has 1 atom stereocenters. The molecule has 0 fully saturated rings. The number of hydrogen-bond acceptors (Lipinski definition) is 5. The Morgan fingerprint density at radius 2 is 2.00 bits per heavy atom. The molecule has 0 aliphatic rings. The van der Waals surface area contributed by atoms with Gasteiger partial charge in [-0.2, -0.15) is 0 Å². The number of aromatic hydroxyl groups is 1. The molecule has 8 nitrogen and oxygen atoms in total. The predicted molar refractivity (Wildman–Crippen MR) is 81.5 cm³/mol. The van der Waals surface area contributed by atoms with Gasteiger partial charge in [0.1, 0.15) is 17.5 Å². The number of hydrogen-bond donors (Lipinski definition) is 3. The first-order chi connectivity index (χ1) is 10.8. The van der Waals surface area contributed by atoms with Gasteiger partial charge in [0.25, 0.3) is 5.91 Å². The minimum absolute atomic E-state index is 0.00263. The van der Waals surface area contributed by atoms with Gasteiger partial charge >= 0.3 is 5.97 Å². The van der Waals surface area contributed by atoms with Crippen LogP contribution in [-0.2, 0) is 9.59 Å². The maximum atomic E-state index is 12.5. The lowest BCUT2D eigenvalue weighted by Crippen LogP contribution is -2.46. The number of nitrogens with one attached hydrogen (secondary N) is 1. The van der Waals surface area contributed by atoms with E-state index in [9.17, 15) is 19.5 Å². The summed E-state index contributed by atoms with van der Waals surface area (Å²) in [6.45, 7) is 2.78. The summed E-state index contributed by atoms with van der Waals surface area (Å²) in [5, 5.41) is 21.6. The minimum atomic E-state index is -1.19. The molecule has 0 saturated carbocycles. The third-order valence-electron chi connectivity index (χ3n) is 3.25. The Labute approximate surface area is 133 Å². The molecule has 3 N–H and O–H groups in total. The molecule has 2 amide bonds. The number of carbonyl (C=O) groups is 3. The van der Waals surface area contributed by atoms with E-state index in [1.54, 1.807) is 0 Å². The summed E-state index contributed by atoms with van der Waals surface area (Å²) in [6.07, 6.45) is 0. The molecule has 8 heteroatoms. The molecule has 0 saturated heterocycles. The highest BCUT2D eigenvalue weighted by atomic mass is 16.5. The molecule has 1 aromatic carbocycles. The van der Waals surface area contributed by atoms with Crippen molar-refractivity contribution in [1.82, 2.24) is 10.2 Å². The van der Waals surface area contributed by atoms with Crippen LogP contribution in [0.2, 0.25) is 0 Å². The van der Waals surface area contributed by atoms with Gasteiger partial charge in [0.15, 0.2) is 0 Å². The average Bonchev–Trinajstić information content (AvgIpc) is 2.49. The van der Waals surface area contributed by atoms with Gasteiger partial charge in [0.05, 0.1) is 12.7 Å². The number of carboxylic acid groups (broad SMARTS) is 1. The number of aliphatic carboxylic acids is 1.